The lowest BCUT2D eigenvalue weighted by molar-refractivity contribution is -0.306. The van der Waals surface area contributed by atoms with Gasteiger partial charge in [-0.2, -0.15) is 0 Å². The zero-order valence-electron chi connectivity index (χ0n) is 24.0. The highest BCUT2D eigenvalue weighted by molar-refractivity contribution is 5.89. The average Bonchev–Trinajstić information content (AvgIpc) is 3.02. The summed E-state index contributed by atoms with van der Waals surface area (Å²) in [6.45, 7) is 6.30. The molecule has 0 amide bonds. The third-order valence-electron chi connectivity index (χ3n) is 6.91. The van der Waals surface area contributed by atoms with E-state index in [1.165, 1.54) is 7.11 Å². The smallest absolute Gasteiger partial charge is 0.338 e. The Hall–Kier alpha value is -3.82. The summed E-state index contributed by atoms with van der Waals surface area (Å²) in [5.41, 5.74) is 2.25. The van der Waals surface area contributed by atoms with E-state index < -0.39 is 42.6 Å². The Morgan fingerprint density at radius 3 is 2.02 bits per heavy atom. The normalized spacial score (nSPS) is 22.6. The fraction of sp³-hybridized carbons (Fsp3) is 0.353. The fourth-order valence-corrected chi connectivity index (χ4v) is 4.61. The molecule has 3 aromatic carbocycles. The second-order valence-electron chi connectivity index (χ2n) is 10.1. The van der Waals surface area contributed by atoms with Crippen molar-refractivity contribution < 1.29 is 38.0 Å². The molecule has 1 aliphatic heterocycles. The Balaban J connectivity index is 1.62. The van der Waals surface area contributed by atoms with Crippen molar-refractivity contribution in [3.8, 4) is 0 Å². The summed E-state index contributed by atoms with van der Waals surface area (Å²) in [6, 6.07) is 27.9. The van der Waals surface area contributed by atoms with Gasteiger partial charge < -0.3 is 28.4 Å². The van der Waals surface area contributed by atoms with Crippen molar-refractivity contribution in [3.05, 3.63) is 120 Å². The number of rotatable bonds is 14. The molecule has 1 aliphatic rings. The highest BCUT2D eigenvalue weighted by Crippen LogP contribution is 2.31. The molecule has 0 spiro atoms. The first-order valence-corrected chi connectivity index (χ1v) is 14.0. The van der Waals surface area contributed by atoms with Gasteiger partial charge in [-0.05, 0) is 29.2 Å². The van der Waals surface area contributed by atoms with Crippen molar-refractivity contribution in [2.75, 3.05) is 13.7 Å². The number of hydrogen-bond donors (Lipinski definition) is 0. The van der Waals surface area contributed by atoms with E-state index in [0.29, 0.717) is 12.2 Å². The van der Waals surface area contributed by atoms with E-state index in [4.69, 9.17) is 28.4 Å². The van der Waals surface area contributed by atoms with Crippen LogP contribution in [-0.2, 0) is 46.4 Å². The predicted molar refractivity (Wildman–Crippen MR) is 156 cm³/mol. The van der Waals surface area contributed by atoms with E-state index in [1.54, 1.807) is 36.4 Å². The third kappa shape index (κ3) is 8.84. The largest absolute Gasteiger partial charge is 0.455 e. The minimum absolute atomic E-state index is 0.0957. The van der Waals surface area contributed by atoms with Crippen LogP contribution in [0, 0.1) is 5.92 Å². The summed E-state index contributed by atoms with van der Waals surface area (Å²) < 4.78 is 36.3. The van der Waals surface area contributed by atoms with Gasteiger partial charge in [-0.25, -0.2) is 4.79 Å². The number of hydrogen-bond acceptors (Lipinski definition) is 8. The number of benzene rings is 3. The number of methoxy groups -OCH3 is 1. The van der Waals surface area contributed by atoms with Crippen LogP contribution in [-0.4, -0.2) is 56.4 Å². The van der Waals surface area contributed by atoms with Crippen molar-refractivity contribution in [3.63, 3.8) is 0 Å². The molecule has 0 aliphatic carbocycles. The second kappa shape index (κ2) is 16.0. The summed E-state index contributed by atoms with van der Waals surface area (Å²) >= 11 is 0. The predicted octanol–water partition coefficient (Wildman–Crippen LogP) is 5.51. The van der Waals surface area contributed by atoms with E-state index in [0.717, 1.165) is 11.1 Å². The first-order chi connectivity index (χ1) is 20.5. The molecule has 0 saturated carbocycles. The molecule has 8 nitrogen and oxygen atoms in total. The van der Waals surface area contributed by atoms with Gasteiger partial charge in [0.15, 0.2) is 18.5 Å². The van der Waals surface area contributed by atoms with Gasteiger partial charge in [0.2, 0.25) is 0 Å². The quantitative estimate of drug-likeness (QED) is 0.184. The minimum Gasteiger partial charge on any atom is -0.455 e. The van der Waals surface area contributed by atoms with Crippen LogP contribution in [0.15, 0.2) is 104 Å². The highest BCUT2D eigenvalue weighted by Gasteiger charge is 2.51. The van der Waals surface area contributed by atoms with Crippen LogP contribution in [0.2, 0.25) is 0 Å². The summed E-state index contributed by atoms with van der Waals surface area (Å²) in [7, 11) is 1.44. The first kappa shape index (κ1) is 31.1. The number of allylic oxidation sites excluding steroid dienone is 1. The van der Waals surface area contributed by atoms with Crippen molar-refractivity contribution in [2.24, 2.45) is 5.92 Å². The van der Waals surface area contributed by atoms with Crippen LogP contribution >= 0.6 is 0 Å². The summed E-state index contributed by atoms with van der Waals surface area (Å²) in [4.78, 5) is 26.3. The van der Waals surface area contributed by atoms with Crippen molar-refractivity contribution in [1.82, 2.24) is 0 Å². The maximum absolute atomic E-state index is 13.2. The Kier molecular flexibility index (Phi) is 11.8. The zero-order chi connectivity index (χ0) is 29.7. The van der Waals surface area contributed by atoms with Crippen LogP contribution in [0.4, 0.5) is 0 Å². The second-order valence-corrected chi connectivity index (χ2v) is 10.1. The fourth-order valence-electron chi connectivity index (χ4n) is 4.61. The van der Waals surface area contributed by atoms with Crippen LogP contribution < -0.4 is 0 Å². The van der Waals surface area contributed by atoms with Crippen LogP contribution in [0.1, 0.15) is 34.8 Å². The summed E-state index contributed by atoms with van der Waals surface area (Å²) in [6.07, 6.45) is -2.98. The zero-order valence-corrected chi connectivity index (χ0v) is 24.0. The Bertz CT molecular complexity index is 1250. The van der Waals surface area contributed by atoms with Gasteiger partial charge in [0.1, 0.15) is 12.2 Å². The lowest BCUT2D eigenvalue weighted by Crippen LogP contribution is -2.62. The van der Waals surface area contributed by atoms with Crippen molar-refractivity contribution in [2.45, 2.75) is 57.3 Å². The number of carbonyl (C=O) groups excluding carboxylic acids is 2. The van der Waals surface area contributed by atoms with Gasteiger partial charge >= 0.3 is 11.9 Å². The molecule has 0 N–H and O–H groups in total. The van der Waals surface area contributed by atoms with E-state index in [1.807, 2.05) is 67.6 Å². The minimum atomic E-state index is -1.11. The average molecular weight is 575 g/mol. The number of esters is 2. The van der Waals surface area contributed by atoms with Gasteiger partial charge in [0, 0.05) is 7.11 Å². The summed E-state index contributed by atoms with van der Waals surface area (Å²) in [5.74, 6) is -1.20. The molecule has 4 rings (SSSR count). The Morgan fingerprint density at radius 2 is 1.43 bits per heavy atom. The number of ether oxygens (including phenoxy) is 6. The molecule has 1 saturated heterocycles. The molecule has 1 heterocycles. The standard InChI is InChI=1S/C34H38O8/c1-4-24(2)20-29(35)41-31-30(39-22-26-16-10-6-11-17-26)28(23-38-21-25-14-8-5-9-15-25)40-34(37-3)32(31)42-33(36)27-18-12-7-13-19-27/h4-19,24,28,30-32,34H,1,20-23H2,2-3H3/t24-,28+,30+,31-,32-,34-/m0/s1. The maximum Gasteiger partial charge on any atom is 0.338 e. The number of carbonyl (C=O) groups is 2. The molecular formula is C34H38O8. The Morgan fingerprint density at radius 1 is 0.833 bits per heavy atom. The highest BCUT2D eigenvalue weighted by atomic mass is 16.7. The van der Waals surface area contributed by atoms with Gasteiger partial charge in [-0.3, -0.25) is 4.79 Å². The lowest BCUT2D eigenvalue weighted by atomic mass is 9.97. The first-order valence-electron chi connectivity index (χ1n) is 14.0. The van der Waals surface area contributed by atoms with E-state index >= 15 is 0 Å². The lowest BCUT2D eigenvalue weighted by Gasteiger charge is -2.44. The van der Waals surface area contributed by atoms with Gasteiger partial charge in [-0.1, -0.05) is 91.9 Å². The Labute approximate surface area is 247 Å². The van der Waals surface area contributed by atoms with Crippen molar-refractivity contribution in [1.29, 1.82) is 0 Å². The summed E-state index contributed by atoms with van der Waals surface area (Å²) in [5, 5.41) is 0. The maximum atomic E-state index is 13.2. The molecule has 8 heteroatoms. The molecular weight excluding hydrogens is 536 g/mol. The van der Waals surface area contributed by atoms with E-state index in [-0.39, 0.29) is 25.6 Å². The van der Waals surface area contributed by atoms with Gasteiger partial charge in [0.05, 0.1) is 31.8 Å². The molecule has 42 heavy (non-hydrogen) atoms. The van der Waals surface area contributed by atoms with Gasteiger partial charge in [-0.15, -0.1) is 6.58 Å². The molecule has 0 unspecified atom stereocenters. The molecule has 0 radical (unpaired) electrons. The molecule has 3 aromatic rings. The van der Waals surface area contributed by atoms with Crippen LogP contribution in [0.5, 0.6) is 0 Å². The van der Waals surface area contributed by atoms with Crippen LogP contribution in [0.3, 0.4) is 0 Å². The SMILES string of the molecule is C=C[C@H](C)CC(=O)O[C@@H]1[C@H](OC(=O)c2ccccc2)[C@@H](OC)O[C@H](COCc2ccccc2)[C@H]1OCc1ccccc1. The topological polar surface area (TPSA) is 89.5 Å². The van der Waals surface area contributed by atoms with Crippen molar-refractivity contribution >= 4 is 11.9 Å². The van der Waals surface area contributed by atoms with Crippen LogP contribution in [0.25, 0.3) is 0 Å². The van der Waals surface area contributed by atoms with E-state index in [9.17, 15) is 9.59 Å². The third-order valence-corrected chi connectivity index (χ3v) is 6.91. The molecule has 1 fully saturated rings. The van der Waals surface area contributed by atoms with E-state index in [2.05, 4.69) is 6.58 Å². The molecule has 6 atom stereocenters. The monoisotopic (exact) mass is 574 g/mol. The molecule has 0 bridgehead atoms. The molecule has 222 valence electrons. The van der Waals surface area contributed by atoms with Gasteiger partial charge in [0.25, 0.3) is 0 Å². The molecule has 0 aromatic heterocycles.